The molecular weight excluding hydrogens is 1260 g/mol. The summed E-state index contributed by atoms with van der Waals surface area (Å²) in [6.45, 7) is 8.27. The summed E-state index contributed by atoms with van der Waals surface area (Å²) < 4.78 is 16.2. The molecule has 0 amide bonds. The Bertz CT molecular complexity index is 4630. The number of nitrogens with one attached hydrogen (secondary N) is 5. The number of thiophene rings is 3. The molecule has 0 radical (unpaired) electrons. The monoisotopic (exact) mass is 1320 g/mol. The van der Waals surface area contributed by atoms with Crippen LogP contribution in [0.5, 0.6) is 0 Å². The fourth-order valence-corrected chi connectivity index (χ4v) is 12.3. The predicted octanol–water partition coefficient (Wildman–Crippen LogP) is 11.3. The molecule has 0 bridgehead atoms. The topological polar surface area (TPSA) is 284 Å². The van der Waals surface area contributed by atoms with E-state index in [1.807, 2.05) is 119 Å². The van der Waals surface area contributed by atoms with Crippen molar-refractivity contribution in [1.82, 2.24) is 83.8 Å². The maximum Gasteiger partial charge on any atom is 0.229 e. The lowest BCUT2D eigenvalue weighted by molar-refractivity contribution is 0.109. The standard InChI is InChI=1S/C21H20N8OS.C17H12ClN7S.C9H4Cl2N4S.C9H10N2.C4H9NO/c1-2-4-16-15(3-1)24-17(25-16)11-22-19-18-20(29(13-23-18)14-5-10-31-12-14)27-21(26-19)28-6-8-30-9-7-28;18-17-23-15(19-7-13-21-11-3-1-2-4-12(11)22-13)14-16(24-17)25(9-20-14)10-5-6-26-8-10;10-7-6-8(14-9(11)13-7)15(4-12-6)5-1-2-16-3-5;10-6-8-5-7-3-1-2-4-9(7)11-8;1-3-6-4-2-5-1/h1-5,10,12-13H,6-9,11H2,(H,24,25)(H,22,26,27);1-6,8-9H,7H2,(H,21,22)(H,19,23,24);1-4H;1-4H,5-6,10H2;5H,1-4H2. The minimum Gasteiger partial charge on any atom is -0.379 e. The summed E-state index contributed by atoms with van der Waals surface area (Å²) in [5.41, 5.74) is 19.9. The zero-order valence-corrected chi connectivity index (χ0v) is 52.5. The largest absolute Gasteiger partial charge is 0.379 e. The molecule has 14 aromatic rings. The Hall–Kier alpha value is -8.87. The second kappa shape index (κ2) is 28.3. The van der Waals surface area contributed by atoms with Gasteiger partial charge >= 0.3 is 0 Å². The van der Waals surface area contributed by atoms with E-state index in [2.05, 4.69) is 98.2 Å². The Kier molecular flexibility index (Phi) is 18.9. The van der Waals surface area contributed by atoms with Crippen LogP contribution < -0.4 is 26.6 Å². The molecule has 17 rings (SSSR count). The second-order valence-corrected chi connectivity index (χ2v) is 23.4. The van der Waals surface area contributed by atoms with Crippen LogP contribution in [-0.2, 0) is 29.0 Å². The number of anilines is 3. The van der Waals surface area contributed by atoms with E-state index in [1.54, 1.807) is 53.0 Å². The first-order valence-electron chi connectivity index (χ1n) is 28.4. The summed E-state index contributed by atoms with van der Waals surface area (Å²) >= 11 is 22.7. The molecule has 11 aromatic heterocycles. The quantitative estimate of drug-likeness (QED) is 0.0518. The number of rotatable bonds is 11. The first-order valence-corrected chi connectivity index (χ1v) is 32.3. The summed E-state index contributed by atoms with van der Waals surface area (Å²) in [5, 5.41) is 22.5. The van der Waals surface area contributed by atoms with Crippen LogP contribution in [0.15, 0.2) is 147 Å². The Morgan fingerprint density at radius 2 is 1.03 bits per heavy atom. The molecular formula is C60H55Cl3N22O2S3. The van der Waals surface area contributed by atoms with Crippen LogP contribution in [0.25, 0.3) is 72.6 Å². The molecule has 3 aliphatic heterocycles. The van der Waals surface area contributed by atoms with Crippen LogP contribution in [0.1, 0.15) is 17.2 Å². The Morgan fingerprint density at radius 1 is 0.533 bits per heavy atom. The molecule has 3 aromatic carbocycles. The zero-order valence-electron chi connectivity index (χ0n) is 47.7. The number of imidazole rings is 5. The molecule has 0 atom stereocenters. The van der Waals surface area contributed by atoms with Gasteiger partial charge in [-0.3, -0.25) is 18.7 Å². The lowest BCUT2D eigenvalue weighted by Gasteiger charge is -2.27. The normalized spacial score (nSPS) is 13.6. The highest BCUT2D eigenvalue weighted by Crippen LogP contribution is 2.30. The number of aromatic amines is 2. The van der Waals surface area contributed by atoms with Crippen LogP contribution in [-0.4, -0.2) is 143 Å². The van der Waals surface area contributed by atoms with E-state index in [0.717, 1.165) is 119 Å². The minimum absolute atomic E-state index is 0.120. The van der Waals surface area contributed by atoms with Gasteiger partial charge in [0.1, 0.15) is 36.1 Å². The van der Waals surface area contributed by atoms with Crippen molar-refractivity contribution >= 4 is 153 Å². The fourth-order valence-electron chi connectivity index (χ4n) is 9.85. The smallest absolute Gasteiger partial charge is 0.229 e. The molecule has 2 fully saturated rings. The first kappa shape index (κ1) is 60.1. The molecule has 24 nitrogen and oxygen atoms in total. The van der Waals surface area contributed by atoms with E-state index in [1.165, 1.54) is 5.56 Å². The highest BCUT2D eigenvalue weighted by Gasteiger charge is 2.21. The van der Waals surface area contributed by atoms with Gasteiger partial charge in [0.15, 0.2) is 44.8 Å². The van der Waals surface area contributed by atoms with Gasteiger partial charge in [-0.25, -0.2) is 29.9 Å². The number of H-pyrrole nitrogens is 2. The molecule has 456 valence electrons. The van der Waals surface area contributed by atoms with E-state index < -0.39 is 0 Å². The van der Waals surface area contributed by atoms with Gasteiger partial charge in [-0.15, -0.1) is 0 Å². The second-order valence-electron chi connectivity index (χ2n) is 20.1. The molecule has 30 heteroatoms. The molecule has 3 aliphatic rings. The SMILES string of the molecule is C1COCCN1.Clc1nc(Cl)c2ncn(-c3ccsc3)c2n1.Clc1nc(NCc2nc3ccccc3[nH]2)c2ncn(-c3ccsc3)c2n1.NCC1=Nc2ccccc2C1.c1ccc2[nH]c(CNc3nc(N4CCOCC4)nc4c3ncn4-c3ccsc3)nc2c1. The van der Waals surface area contributed by atoms with Crippen molar-refractivity contribution in [1.29, 1.82) is 0 Å². The van der Waals surface area contributed by atoms with E-state index in [-0.39, 0.29) is 15.7 Å². The van der Waals surface area contributed by atoms with Crippen LogP contribution >= 0.6 is 68.8 Å². The van der Waals surface area contributed by atoms with Gasteiger partial charge in [-0.05, 0) is 93.4 Å². The maximum atomic E-state index is 6.14. The van der Waals surface area contributed by atoms with Crippen LogP contribution in [0.4, 0.5) is 23.3 Å². The number of nitrogens with two attached hydrogens (primary N) is 1. The number of nitrogens with zero attached hydrogens (tertiary/aromatic N) is 16. The number of halogens is 3. The number of aromatic nitrogens is 16. The van der Waals surface area contributed by atoms with Crippen molar-refractivity contribution in [2.24, 2.45) is 10.7 Å². The van der Waals surface area contributed by atoms with Crippen molar-refractivity contribution in [2.75, 3.05) is 74.7 Å². The lowest BCUT2D eigenvalue weighted by Crippen LogP contribution is -2.37. The Balaban J connectivity index is 0.000000113. The van der Waals surface area contributed by atoms with E-state index >= 15 is 0 Å². The molecule has 90 heavy (non-hydrogen) atoms. The lowest BCUT2D eigenvalue weighted by atomic mass is 10.1. The van der Waals surface area contributed by atoms with Crippen molar-refractivity contribution in [2.45, 2.75) is 19.5 Å². The number of para-hydroxylation sites is 5. The number of ether oxygens (including phenoxy) is 2. The van der Waals surface area contributed by atoms with Crippen LogP contribution in [0.3, 0.4) is 0 Å². The number of benzene rings is 3. The third-order valence-electron chi connectivity index (χ3n) is 14.2. The summed E-state index contributed by atoms with van der Waals surface area (Å²) in [7, 11) is 0. The van der Waals surface area contributed by atoms with Gasteiger partial charge in [0.2, 0.25) is 16.5 Å². The van der Waals surface area contributed by atoms with Gasteiger partial charge in [0, 0.05) is 61.0 Å². The van der Waals surface area contributed by atoms with Gasteiger partial charge in [-0.2, -0.15) is 58.9 Å². The van der Waals surface area contributed by atoms with Gasteiger partial charge in [-0.1, -0.05) is 54.1 Å². The molecule has 0 spiro atoms. The number of hydrogen-bond donors (Lipinski definition) is 6. The summed E-state index contributed by atoms with van der Waals surface area (Å²) in [6, 6.07) is 30.1. The predicted molar refractivity (Wildman–Crippen MR) is 358 cm³/mol. The summed E-state index contributed by atoms with van der Waals surface area (Å²) in [4.78, 5) is 61.9. The minimum atomic E-state index is 0.120. The molecule has 0 saturated carbocycles. The van der Waals surface area contributed by atoms with Crippen LogP contribution in [0.2, 0.25) is 15.7 Å². The Labute approximate surface area is 540 Å². The number of aliphatic imine (C=N–C) groups is 1. The molecule has 0 unspecified atom stereocenters. The van der Waals surface area contributed by atoms with Gasteiger partial charge in [0.25, 0.3) is 0 Å². The van der Waals surface area contributed by atoms with E-state index in [4.69, 9.17) is 60.0 Å². The van der Waals surface area contributed by atoms with Gasteiger partial charge < -0.3 is 46.0 Å². The third-order valence-corrected chi connectivity index (χ3v) is 16.8. The van der Waals surface area contributed by atoms with E-state index in [9.17, 15) is 0 Å². The van der Waals surface area contributed by atoms with Crippen LogP contribution in [0, 0.1) is 0 Å². The number of hydrogen-bond acceptors (Lipinski definition) is 22. The molecule has 2 saturated heterocycles. The van der Waals surface area contributed by atoms with E-state index in [0.29, 0.717) is 72.8 Å². The maximum absolute atomic E-state index is 6.14. The first-order chi connectivity index (χ1) is 44.3. The number of fused-ring (bicyclic) bond motifs is 6. The average molecular weight is 1320 g/mol. The van der Waals surface area contributed by atoms with Crippen molar-refractivity contribution in [3.8, 4) is 17.1 Å². The fraction of sp³-hybridized carbons (Fsp3) is 0.200. The highest BCUT2D eigenvalue weighted by atomic mass is 35.5. The molecule has 14 heterocycles. The van der Waals surface area contributed by atoms with Gasteiger partial charge in [0.05, 0.1) is 84.3 Å². The number of morpholine rings is 2. The Morgan fingerprint density at radius 3 is 1.54 bits per heavy atom. The highest BCUT2D eigenvalue weighted by molar-refractivity contribution is 7.08. The van der Waals surface area contributed by atoms with Crippen molar-refractivity contribution in [3.05, 3.63) is 175 Å². The average Bonchev–Trinajstić information content (AvgIpc) is 1.73. The third kappa shape index (κ3) is 13.9. The summed E-state index contributed by atoms with van der Waals surface area (Å²) in [5.74, 6) is 3.61. The van der Waals surface area contributed by atoms with Crippen molar-refractivity contribution in [3.63, 3.8) is 0 Å². The summed E-state index contributed by atoms with van der Waals surface area (Å²) in [6.07, 6.45) is 6.12. The molecule has 0 aliphatic carbocycles. The molecule has 7 N–H and O–H groups in total. The zero-order chi connectivity index (χ0) is 61.2. The van der Waals surface area contributed by atoms with Crippen molar-refractivity contribution < 1.29 is 9.47 Å².